The summed E-state index contributed by atoms with van der Waals surface area (Å²) in [7, 11) is 0. The van der Waals surface area contributed by atoms with Gasteiger partial charge in [0.1, 0.15) is 0 Å². The second-order valence-corrected chi connectivity index (χ2v) is 5.02. The van der Waals surface area contributed by atoms with Crippen molar-refractivity contribution in [2.24, 2.45) is 5.41 Å². The van der Waals surface area contributed by atoms with E-state index in [0.29, 0.717) is 5.41 Å². The van der Waals surface area contributed by atoms with Gasteiger partial charge < -0.3 is 5.11 Å². The molecule has 1 atom stereocenters. The highest BCUT2D eigenvalue weighted by Crippen LogP contribution is 2.45. The molecule has 0 amide bonds. The Morgan fingerprint density at radius 2 is 2.08 bits per heavy atom. The van der Waals surface area contributed by atoms with E-state index in [1.54, 1.807) is 5.57 Å². The van der Waals surface area contributed by atoms with Gasteiger partial charge in [0.05, 0.1) is 6.10 Å². The van der Waals surface area contributed by atoms with E-state index in [-0.39, 0.29) is 6.10 Å². The third kappa shape index (κ3) is 1.31. The fraction of sp³-hybridized carbons (Fsp3) is 0.818. The van der Waals surface area contributed by atoms with Crippen LogP contribution in [0.3, 0.4) is 0 Å². The van der Waals surface area contributed by atoms with E-state index in [2.05, 4.69) is 13.8 Å². The van der Waals surface area contributed by atoms with Gasteiger partial charge in [0, 0.05) is 0 Å². The Morgan fingerprint density at radius 1 is 1.33 bits per heavy atom. The molecule has 2 rings (SSSR count). The topological polar surface area (TPSA) is 20.2 Å². The lowest BCUT2D eigenvalue weighted by atomic mass is 9.75. The molecule has 0 heterocycles. The van der Waals surface area contributed by atoms with E-state index < -0.39 is 0 Å². The minimum absolute atomic E-state index is 0.0869. The summed E-state index contributed by atoms with van der Waals surface area (Å²) in [6.07, 6.45) is 5.67. The van der Waals surface area contributed by atoms with Crippen molar-refractivity contribution in [3.8, 4) is 0 Å². The van der Waals surface area contributed by atoms with Crippen molar-refractivity contribution in [2.45, 2.75) is 52.1 Å². The van der Waals surface area contributed by atoms with Gasteiger partial charge in [0.15, 0.2) is 0 Å². The van der Waals surface area contributed by atoms with Crippen molar-refractivity contribution in [2.75, 3.05) is 0 Å². The van der Waals surface area contributed by atoms with Crippen LogP contribution in [0.15, 0.2) is 11.1 Å². The van der Waals surface area contributed by atoms with Crippen LogP contribution in [-0.4, -0.2) is 11.2 Å². The second kappa shape index (κ2) is 2.59. The zero-order chi connectivity index (χ0) is 8.77. The molecule has 0 bridgehead atoms. The predicted molar refractivity (Wildman–Crippen MR) is 49.9 cm³/mol. The fourth-order valence-corrected chi connectivity index (χ4v) is 2.57. The van der Waals surface area contributed by atoms with Gasteiger partial charge in [0.25, 0.3) is 0 Å². The molecule has 0 saturated carbocycles. The lowest BCUT2D eigenvalue weighted by molar-refractivity contribution is 0.201. The number of aliphatic hydroxyl groups is 1. The van der Waals surface area contributed by atoms with Crippen molar-refractivity contribution < 1.29 is 5.11 Å². The van der Waals surface area contributed by atoms with Crippen LogP contribution in [-0.2, 0) is 0 Å². The number of hydrogen-bond acceptors (Lipinski definition) is 1. The number of hydrogen-bond donors (Lipinski definition) is 1. The van der Waals surface area contributed by atoms with Crippen LogP contribution < -0.4 is 0 Å². The first-order chi connectivity index (χ1) is 5.58. The molecule has 2 aliphatic rings. The summed E-state index contributed by atoms with van der Waals surface area (Å²) in [6, 6.07) is 0. The van der Waals surface area contributed by atoms with E-state index >= 15 is 0 Å². The molecule has 1 nitrogen and oxygen atoms in total. The molecular formula is C11H18O. The quantitative estimate of drug-likeness (QED) is 0.548. The maximum absolute atomic E-state index is 9.64. The molecule has 0 aliphatic heterocycles. The van der Waals surface area contributed by atoms with Crippen molar-refractivity contribution >= 4 is 0 Å². The zero-order valence-corrected chi connectivity index (χ0v) is 8.06. The highest BCUT2D eigenvalue weighted by atomic mass is 16.3. The zero-order valence-electron chi connectivity index (χ0n) is 8.06. The summed E-state index contributed by atoms with van der Waals surface area (Å²) in [5, 5.41) is 9.64. The summed E-state index contributed by atoms with van der Waals surface area (Å²) in [5.41, 5.74) is 3.44. The largest absolute Gasteiger partial charge is 0.389 e. The van der Waals surface area contributed by atoms with Gasteiger partial charge in [-0.1, -0.05) is 19.4 Å². The highest BCUT2D eigenvalue weighted by Gasteiger charge is 2.32. The standard InChI is InChI=1S/C11H18O/c1-11(2)6-5-9-8(7-11)3-4-10(9)12/h10,12H,3-7H2,1-2H3. The van der Waals surface area contributed by atoms with Crippen molar-refractivity contribution in [3.63, 3.8) is 0 Å². The maximum atomic E-state index is 9.64. The van der Waals surface area contributed by atoms with Gasteiger partial charge in [0.2, 0.25) is 0 Å². The molecule has 2 aliphatic carbocycles. The Kier molecular flexibility index (Phi) is 1.80. The van der Waals surface area contributed by atoms with E-state index in [1.165, 1.54) is 18.4 Å². The molecule has 0 spiro atoms. The number of allylic oxidation sites excluding steroid dienone is 1. The smallest absolute Gasteiger partial charge is 0.0755 e. The van der Waals surface area contributed by atoms with Crippen LogP contribution in [0.1, 0.15) is 46.0 Å². The third-order valence-corrected chi connectivity index (χ3v) is 3.34. The summed E-state index contributed by atoms with van der Waals surface area (Å²) in [6.45, 7) is 4.67. The first kappa shape index (κ1) is 8.31. The number of rotatable bonds is 0. The Morgan fingerprint density at radius 3 is 2.83 bits per heavy atom. The Labute approximate surface area is 74.5 Å². The molecule has 0 radical (unpaired) electrons. The molecule has 0 saturated heterocycles. The normalized spacial score (nSPS) is 33.8. The van der Waals surface area contributed by atoms with Crippen LogP contribution in [0, 0.1) is 5.41 Å². The van der Waals surface area contributed by atoms with Crippen LogP contribution in [0.25, 0.3) is 0 Å². The van der Waals surface area contributed by atoms with Crippen LogP contribution in [0.4, 0.5) is 0 Å². The second-order valence-electron chi connectivity index (χ2n) is 5.02. The first-order valence-corrected chi connectivity index (χ1v) is 4.97. The SMILES string of the molecule is CC1(C)CCC2=C(CCC2O)C1. The summed E-state index contributed by atoms with van der Waals surface area (Å²) < 4.78 is 0. The van der Waals surface area contributed by atoms with Crippen LogP contribution in [0.2, 0.25) is 0 Å². The summed E-state index contributed by atoms with van der Waals surface area (Å²) >= 11 is 0. The molecule has 1 N–H and O–H groups in total. The third-order valence-electron chi connectivity index (χ3n) is 3.34. The molecule has 0 fully saturated rings. The molecule has 0 aromatic rings. The Hall–Kier alpha value is -0.300. The van der Waals surface area contributed by atoms with Gasteiger partial charge in [-0.3, -0.25) is 0 Å². The average Bonchev–Trinajstić information content (AvgIpc) is 2.30. The minimum Gasteiger partial charge on any atom is -0.389 e. The van der Waals surface area contributed by atoms with Crippen molar-refractivity contribution in [3.05, 3.63) is 11.1 Å². The van der Waals surface area contributed by atoms with E-state index in [4.69, 9.17) is 0 Å². The average molecular weight is 166 g/mol. The molecule has 0 aromatic carbocycles. The highest BCUT2D eigenvalue weighted by molar-refractivity contribution is 5.27. The van der Waals surface area contributed by atoms with Gasteiger partial charge in [-0.2, -0.15) is 0 Å². The molecule has 12 heavy (non-hydrogen) atoms. The van der Waals surface area contributed by atoms with E-state index in [1.807, 2.05) is 0 Å². The maximum Gasteiger partial charge on any atom is 0.0755 e. The van der Waals surface area contributed by atoms with E-state index in [9.17, 15) is 5.11 Å². The molecular weight excluding hydrogens is 148 g/mol. The molecule has 0 aromatic heterocycles. The van der Waals surface area contributed by atoms with Crippen LogP contribution >= 0.6 is 0 Å². The van der Waals surface area contributed by atoms with Crippen LogP contribution in [0.5, 0.6) is 0 Å². The molecule has 1 heteroatoms. The summed E-state index contributed by atoms with van der Waals surface area (Å²) in [4.78, 5) is 0. The Balaban J connectivity index is 2.20. The predicted octanol–water partition coefficient (Wildman–Crippen LogP) is 2.65. The lowest BCUT2D eigenvalue weighted by Gasteiger charge is -2.31. The summed E-state index contributed by atoms with van der Waals surface area (Å²) in [5.74, 6) is 0. The van der Waals surface area contributed by atoms with Gasteiger partial charge in [-0.15, -0.1) is 0 Å². The van der Waals surface area contributed by atoms with Gasteiger partial charge in [-0.25, -0.2) is 0 Å². The lowest BCUT2D eigenvalue weighted by Crippen LogP contribution is -2.19. The van der Waals surface area contributed by atoms with Crippen molar-refractivity contribution in [1.29, 1.82) is 0 Å². The Bertz CT molecular complexity index is 225. The van der Waals surface area contributed by atoms with Gasteiger partial charge >= 0.3 is 0 Å². The first-order valence-electron chi connectivity index (χ1n) is 4.97. The van der Waals surface area contributed by atoms with E-state index in [0.717, 1.165) is 19.3 Å². The number of aliphatic hydroxyl groups excluding tert-OH is 1. The molecule has 68 valence electrons. The fourth-order valence-electron chi connectivity index (χ4n) is 2.57. The minimum atomic E-state index is -0.0869. The monoisotopic (exact) mass is 166 g/mol. The van der Waals surface area contributed by atoms with Gasteiger partial charge in [-0.05, 0) is 43.1 Å². The molecule has 1 unspecified atom stereocenters. The van der Waals surface area contributed by atoms with Crippen molar-refractivity contribution in [1.82, 2.24) is 0 Å².